The van der Waals surface area contributed by atoms with Gasteiger partial charge in [-0.05, 0) is 37.6 Å². The second kappa shape index (κ2) is 11.2. The van der Waals surface area contributed by atoms with Gasteiger partial charge in [-0.3, -0.25) is 14.5 Å². The summed E-state index contributed by atoms with van der Waals surface area (Å²) in [7, 11) is -2.18. The number of primary amides is 1. The Hall–Kier alpha value is -2.69. The third-order valence-electron chi connectivity index (χ3n) is 6.60. The predicted octanol–water partition coefficient (Wildman–Crippen LogP) is 1.72. The maximum Gasteiger partial charge on any atom is 0.265 e. The summed E-state index contributed by atoms with van der Waals surface area (Å²) in [4.78, 5) is 26.8. The fourth-order valence-corrected chi connectivity index (χ4v) is 6.11. The van der Waals surface area contributed by atoms with E-state index in [1.807, 2.05) is 18.2 Å². The molecule has 3 N–H and O–H groups in total. The lowest BCUT2D eigenvalue weighted by Crippen LogP contribution is -2.45. The van der Waals surface area contributed by atoms with Crippen LogP contribution in [0.3, 0.4) is 0 Å². The van der Waals surface area contributed by atoms with E-state index in [0.29, 0.717) is 19.4 Å². The van der Waals surface area contributed by atoms with Gasteiger partial charge in [0.15, 0.2) is 0 Å². The molecule has 0 aliphatic carbocycles. The van der Waals surface area contributed by atoms with Gasteiger partial charge in [-0.15, -0.1) is 0 Å². The molecule has 0 saturated carbocycles. The molecule has 9 nitrogen and oxygen atoms in total. The van der Waals surface area contributed by atoms with Crippen molar-refractivity contribution >= 4 is 21.8 Å². The van der Waals surface area contributed by atoms with E-state index in [0.717, 1.165) is 18.7 Å². The molecule has 34 heavy (non-hydrogen) atoms. The van der Waals surface area contributed by atoms with Crippen LogP contribution < -0.4 is 11.1 Å². The van der Waals surface area contributed by atoms with E-state index >= 15 is 0 Å². The number of amides is 2. The number of aryl methyl sites for hydroxylation is 1. The summed E-state index contributed by atoms with van der Waals surface area (Å²) in [5.41, 5.74) is 6.60. The molecule has 0 spiro atoms. The molecule has 1 unspecified atom stereocenters. The fraction of sp³-hybridized carbons (Fsp3) is 0.500. The van der Waals surface area contributed by atoms with Crippen LogP contribution >= 0.6 is 0 Å². The van der Waals surface area contributed by atoms with Gasteiger partial charge in [-0.25, -0.2) is 8.42 Å². The Morgan fingerprint density at radius 1 is 1.15 bits per heavy atom. The highest BCUT2D eigenvalue weighted by Gasteiger charge is 2.33. The summed E-state index contributed by atoms with van der Waals surface area (Å²) in [5.74, 6) is -0.963. The largest absolute Gasteiger partial charge is 0.364 e. The molecule has 1 aromatic heterocycles. The molecular weight excluding hydrogens is 454 g/mol. The zero-order valence-corrected chi connectivity index (χ0v) is 20.9. The van der Waals surface area contributed by atoms with Gasteiger partial charge in [-0.2, -0.15) is 4.31 Å². The summed E-state index contributed by atoms with van der Waals surface area (Å²) in [6.07, 6.45) is 2.29. The lowest BCUT2D eigenvalue weighted by molar-refractivity contribution is -0.126. The molecular formula is C24H35N5O4S. The van der Waals surface area contributed by atoms with Crippen molar-refractivity contribution in [3.8, 4) is 0 Å². The molecule has 2 heterocycles. The number of hydrogen-bond donors (Lipinski definition) is 2. The van der Waals surface area contributed by atoms with Crippen LogP contribution in [0.2, 0.25) is 0 Å². The van der Waals surface area contributed by atoms with Crippen molar-refractivity contribution in [2.45, 2.75) is 37.6 Å². The number of carbonyl (C=O) groups is 2. The maximum absolute atomic E-state index is 13.0. The van der Waals surface area contributed by atoms with Crippen LogP contribution in [0.25, 0.3) is 0 Å². The normalized spacial score (nSPS) is 16.5. The molecule has 186 valence electrons. The molecule has 1 aliphatic heterocycles. The van der Waals surface area contributed by atoms with Crippen molar-refractivity contribution in [3.05, 3.63) is 53.9 Å². The van der Waals surface area contributed by atoms with Crippen molar-refractivity contribution in [2.24, 2.45) is 18.7 Å². The quantitative estimate of drug-likeness (QED) is 0.527. The molecule has 1 saturated heterocycles. The lowest BCUT2D eigenvalue weighted by Gasteiger charge is -2.32. The molecule has 2 amide bonds. The number of piperidine rings is 1. The van der Waals surface area contributed by atoms with Crippen LogP contribution in [0.1, 0.15) is 48.8 Å². The van der Waals surface area contributed by atoms with Crippen molar-refractivity contribution < 1.29 is 18.0 Å². The SMILES string of the molecule is CCN(CC)C(CNC(=O)C1CCN(S(=O)(=O)c2cc(C(N)=O)n(C)c2)CC1)c1ccccc1. The van der Waals surface area contributed by atoms with Crippen molar-refractivity contribution in [1.82, 2.24) is 19.1 Å². The first kappa shape index (κ1) is 25.9. The molecule has 10 heteroatoms. The van der Waals surface area contributed by atoms with Gasteiger partial charge >= 0.3 is 0 Å². The minimum Gasteiger partial charge on any atom is -0.364 e. The van der Waals surface area contributed by atoms with Crippen LogP contribution in [-0.2, 0) is 21.9 Å². The van der Waals surface area contributed by atoms with Crippen LogP contribution in [0.4, 0.5) is 0 Å². The Morgan fingerprint density at radius 2 is 1.76 bits per heavy atom. The lowest BCUT2D eigenvalue weighted by atomic mass is 9.97. The number of nitrogens with zero attached hydrogens (tertiary/aromatic N) is 3. The number of rotatable bonds is 10. The molecule has 1 aromatic carbocycles. The van der Waals surface area contributed by atoms with E-state index in [4.69, 9.17) is 5.73 Å². The Labute approximate surface area is 202 Å². The summed E-state index contributed by atoms with van der Waals surface area (Å²) in [6, 6.07) is 11.5. The van der Waals surface area contributed by atoms with Crippen LogP contribution in [0.15, 0.2) is 47.5 Å². The van der Waals surface area contributed by atoms with E-state index in [1.165, 1.54) is 21.1 Å². The summed E-state index contributed by atoms with van der Waals surface area (Å²) < 4.78 is 28.8. The Bertz CT molecular complexity index is 1090. The average Bonchev–Trinajstić information content (AvgIpc) is 3.25. The molecule has 1 fully saturated rings. The standard InChI is InChI=1S/C24H35N5O4S/c1-4-28(5-2)22(18-9-7-6-8-10-18)16-26-24(31)19-11-13-29(14-12-19)34(32,33)20-15-21(23(25)30)27(3)17-20/h6-10,15,17,19,22H,4-5,11-14,16H2,1-3H3,(H2,25,30)(H,26,31). The third kappa shape index (κ3) is 5.68. The van der Waals surface area contributed by atoms with Gasteiger partial charge in [0, 0.05) is 38.8 Å². The highest BCUT2D eigenvalue weighted by Crippen LogP contribution is 2.26. The third-order valence-corrected chi connectivity index (χ3v) is 8.47. The second-order valence-electron chi connectivity index (χ2n) is 8.61. The Morgan fingerprint density at radius 3 is 2.29 bits per heavy atom. The minimum atomic E-state index is -3.76. The zero-order chi connectivity index (χ0) is 24.9. The van der Waals surface area contributed by atoms with E-state index in [9.17, 15) is 18.0 Å². The summed E-state index contributed by atoms with van der Waals surface area (Å²) >= 11 is 0. The number of nitrogens with one attached hydrogen (secondary N) is 1. The molecule has 0 radical (unpaired) electrons. The number of sulfonamides is 1. The van der Waals surface area contributed by atoms with E-state index in [1.54, 1.807) is 7.05 Å². The molecule has 3 rings (SSSR count). The second-order valence-corrected chi connectivity index (χ2v) is 10.5. The molecule has 2 aromatic rings. The molecule has 1 atom stereocenters. The number of benzene rings is 1. The van der Waals surface area contributed by atoms with Crippen LogP contribution in [0, 0.1) is 5.92 Å². The topological polar surface area (TPSA) is 118 Å². The monoisotopic (exact) mass is 489 g/mol. The van der Waals surface area contributed by atoms with E-state index < -0.39 is 15.9 Å². The number of carbonyl (C=O) groups excluding carboxylic acids is 2. The zero-order valence-electron chi connectivity index (χ0n) is 20.1. The van der Waals surface area contributed by atoms with Crippen molar-refractivity contribution in [3.63, 3.8) is 0 Å². The number of likely N-dealkylation sites (N-methyl/N-ethyl adjacent to an activating group) is 1. The summed E-state index contributed by atoms with van der Waals surface area (Å²) in [5, 5.41) is 3.11. The van der Waals surface area contributed by atoms with E-state index in [2.05, 4.69) is 36.2 Å². The smallest absolute Gasteiger partial charge is 0.265 e. The summed E-state index contributed by atoms with van der Waals surface area (Å²) in [6.45, 7) is 6.97. The average molecular weight is 490 g/mol. The van der Waals surface area contributed by atoms with Gasteiger partial charge in [0.25, 0.3) is 5.91 Å². The van der Waals surface area contributed by atoms with Crippen LogP contribution in [-0.4, -0.2) is 66.7 Å². The van der Waals surface area contributed by atoms with E-state index in [-0.39, 0.29) is 41.5 Å². The predicted molar refractivity (Wildman–Crippen MR) is 131 cm³/mol. The first-order valence-electron chi connectivity index (χ1n) is 11.7. The first-order chi connectivity index (χ1) is 16.2. The minimum absolute atomic E-state index is 0.0385. The van der Waals surface area contributed by atoms with Crippen LogP contribution in [0.5, 0.6) is 0 Å². The van der Waals surface area contributed by atoms with Crippen molar-refractivity contribution in [2.75, 3.05) is 32.7 Å². The first-order valence-corrected chi connectivity index (χ1v) is 13.2. The van der Waals surface area contributed by atoms with Crippen molar-refractivity contribution in [1.29, 1.82) is 0 Å². The van der Waals surface area contributed by atoms with Gasteiger partial charge < -0.3 is 15.6 Å². The van der Waals surface area contributed by atoms with Gasteiger partial charge in [0.2, 0.25) is 15.9 Å². The van der Waals surface area contributed by atoms with Gasteiger partial charge in [0.1, 0.15) is 10.6 Å². The highest BCUT2D eigenvalue weighted by atomic mass is 32.2. The number of aromatic nitrogens is 1. The maximum atomic E-state index is 13.0. The molecule has 1 aliphatic rings. The van der Waals surface area contributed by atoms with Gasteiger partial charge in [0.05, 0.1) is 6.04 Å². The highest BCUT2D eigenvalue weighted by molar-refractivity contribution is 7.89. The molecule has 0 bridgehead atoms. The Balaban J connectivity index is 1.60. The Kier molecular flexibility index (Phi) is 8.51. The number of hydrogen-bond acceptors (Lipinski definition) is 5. The number of nitrogens with two attached hydrogens (primary N) is 1. The fourth-order valence-electron chi connectivity index (χ4n) is 4.57. The van der Waals surface area contributed by atoms with Gasteiger partial charge in [-0.1, -0.05) is 44.2 Å².